The van der Waals surface area contributed by atoms with Gasteiger partial charge in [0.05, 0.1) is 0 Å². The molecule has 1 aliphatic rings. The molecule has 12 heavy (non-hydrogen) atoms. The second-order valence-corrected chi connectivity index (χ2v) is 11.5. The Morgan fingerprint density at radius 2 is 2.42 bits per heavy atom. The van der Waals surface area contributed by atoms with Crippen molar-refractivity contribution in [2.45, 2.75) is 22.4 Å². The number of methoxy groups -OCH3 is 1. The third-order valence-corrected chi connectivity index (χ3v) is 10.2. The standard InChI is InChI=1S/C5H7ClO.C2H3O2.In/c1-2-5(6)3-4-7;1-4-2-3;/h5H,1-3H2;1H3;. The van der Waals surface area contributed by atoms with Crippen molar-refractivity contribution in [3.05, 3.63) is 0 Å². The fourth-order valence-electron chi connectivity index (χ4n) is 1.36. The summed E-state index contributed by atoms with van der Waals surface area (Å²) < 4.78 is 5.23. The van der Waals surface area contributed by atoms with Crippen LogP contribution in [0.3, 0.4) is 0 Å². The number of halogens is 1. The Balaban J connectivity index is 2.56. The topological polar surface area (TPSA) is 43.4 Å². The first-order valence-electron chi connectivity index (χ1n) is 3.89. The van der Waals surface area contributed by atoms with Crippen molar-refractivity contribution < 1.29 is 14.3 Å². The van der Waals surface area contributed by atoms with E-state index in [-0.39, 0.29) is 12.6 Å². The van der Waals surface area contributed by atoms with Gasteiger partial charge in [-0.25, -0.2) is 0 Å². The van der Waals surface area contributed by atoms with Crippen LogP contribution in [-0.4, -0.2) is 41.2 Å². The van der Waals surface area contributed by atoms with Crippen molar-refractivity contribution in [2.24, 2.45) is 0 Å². The van der Waals surface area contributed by atoms with Crippen LogP contribution in [0.25, 0.3) is 0 Å². The molecule has 0 aromatic heterocycles. The van der Waals surface area contributed by atoms with Gasteiger partial charge in [-0.2, -0.15) is 0 Å². The zero-order valence-corrected chi connectivity index (χ0v) is 10.9. The number of carbonyl (C=O) groups excluding carboxylic acids is 2. The summed E-state index contributed by atoms with van der Waals surface area (Å²) in [6.45, 7) is 0. The van der Waals surface area contributed by atoms with Crippen LogP contribution in [0.15, 0.2) is 0 Å². The molecule has 1 rings (SSSR count). The van der Waals surface area contributed by atoms with Gasteiger partial charge in [-0.15, -0.1) is 0 Å². The van der Waals surface area contributed by atoms with Crippen molar-refractivity contribution >= 4 is 40.3 Å². The van der Waals surface area contributed by atoms with Gasteiger partial charge in [0, 0.05) is 0 Å². The Labute approximate surface area is 83.9 Å². The molecular formula is C7H10ClInO3. The van der Waals surface area contributed by atoms with E-state index in [1.165, 1.54) is 7.11 Å². The molecule has 0 aromatic rings. The van der Waals surface area contributed by atoms with Crippen LogP contribution in [0.5, 0.6) is 0 Å². The van der Waals surface area contributed by atoms with Gasteiger partial charge in [-0.1, -0.05) is 0 Å². The molecule has 0 bridgehead atoms. The molecule has 1 saturated heterocycles. The molecule has 1 aliphatic heterocycles. The number of rotatable bonds is 1. The van der Waals surface area contributed by atoms with Gasteiger partial charge in [0.15, 0.2) is 0 Å². The zero-order valence-electron chi connectivity index (χ0n) is 6.88. The van der Waals surface area contributed by atoms with Crippen molar-refractivity contribution in [2.75, 3.05) is 7.11 Å². The molecule has 0 spiro atoms. The first kappa shape index (κ1) is 10.4. The van der Waals surface area contributed by atoms with Gasteiger partial charge in [0.25, 0.3) is 0 Å². The summed E-state index contributed by atoms with van der Waals surface area (Å²) in [4.78, 5) is 22.4. The van der Waals surface area contributed by atoms with E-state index >= 15 is 0 Å². The fraction of sp³-hybridized carbons (Fsp3) is 0.714. The van der Waals surface area contributed by atoms with Gasteiger partial charge in [0.1, 0.15) is 0 Å². The Hall–Kier alpha value is 0.300. The second-order valence-electron chi connectivity index (χ2n) is 2.92. The van der Waals surface area contributed by atoms with E-state index in [2.05, 4.69) is 4.74 Å². The molecule has 66 valence electrons. The zero-order chi connectivity index (χ0) is 9.14. The van der Waals surface area contributed by atoms with Crippen LogP contribution in [0.2, 0.25) is 4.18 Å². The van der Waals surface area contributed by atoms with Crippen LogP contribution in [0, 0.1) is 0 Å². The summed E-state index contributed by atoms with van der Waals surface area (Å²) in [6.07, 6.45) is 1.19. The van der Waals surface area contributed by atoms with E-state index < -0.39 is 21.4 Å². The molecule has 1 fully saturated rings. The van der Waals surface area contributed by atoms with E-state index in [1.807, 2.05) is 0 Å². The minimum absolute atomic E-state index is 0.0462. The molecule has 5 heteroatoms. The number of hydrogen-bond acceptors (Lipinski definition) is 3. The molecular weight excluding hydrogens is 282 g/mol. The number of alkyl halides is 1. The molecule has 0 aromatic carbocycles. The fourth-order valence-corrected chi connectivity index (χ4v) is 9.55. The molecule has 0 N–H and O–H groups in total. The molecule has 0 amide bonds. The van der Waals surface area contributed by atoms with Gasteiger partial charge in [-0.05, 0) is 0 Å². The first-order chi connectivity index (χ1) is 5.65. The van der Waals surface area contributed by atoms with Crippen molar-refractivity contribution in [1.29, 1.82) is 0 Å². The van der Waals surface area contributed by atoms with Gasteiger partial charge in [-0.3, -0.25) is 0 Å². The third-order valence-electron chi connectivity index (χ3n) is 2.07. The molecule has 1 atom stereocenters. The maximum absolute atomic E-state index is 11.3. The van der Waals surface area contributed by atoms with Crippen molar-refractivity contribution in [3.8, 4) is 0 Å². The molecule has 1 unspecified atom stereocenters. The number of carbonyl (C=O) groups is 2. The maximum atomic E-state index is 11.3. The van der Waals surface area contributed by atoms with Crippen LogP contribution in [0.1, 0.15) is 12.8 Å². The average molecular weight is 292 g/mol. The molecule has 1 heterocycles. The van der Waals surface area contributed by atoms with E-state index in [1.54, 1.807) is 0 Å². The van der Waals surface area contributed by atoms with Crippen LogP contribution >= 0.6 is 11.6 Å². The van der Waals surface area contributed by atoms with Gasteiger partial charge >= 0.3 is 84.1 Å². The first-order valence-corrected chi connectivity index (χ1v) is 9.96. The van der Waals surface area contributed by atoms with E-state index in [4.69, 9.17) is 11.6 Å². The van der Waals surface area contributed by atoms with E-state index in [0.29, 0.717) is 6.42 Å². The summed E-state index contributed by atoms with van der Waals surface area (Å²) in [5.74, 6) is 0. The summed E-state index contributed by atoms with van der Waals surface area (Å²) in [7, 11) is 1.35. The quantitative estimate of drug-likeness (QED) is 0.685. The molecule has 3 nitrogen and oxygen atoms in total. The van der Waals surface area contributed by atoms with Crippen molar-refractivity contribution in [1.82, 2.24) is 0 Å². The predicted molar refractivity (Wildman–Crippen MR) is 46.8 cm³/mol. The molecule has 0 radical (unpaired) electrons. The summed E-state index contributed by atoms with van der Waals surface area (Å²) in [5, 5.41) is -0.0462. The van der Waals surface area contributed by atoms with Gasteiger partial charge in [0.2, 0.25) is 0 Å². The number of hydrogen-bond donors (Lipinski definition) is 0. The van der Waals surface area contributed by atoms with Gasteiger partial charge < -0.3 is 0 Å². The Bertz CT molecular complexity index is 207. The second kappa shape index (κ2) is 4.51. The molecule has 0 saturated carbocycles. The van der Waals surface area contributed by atoms with E-state index in [0.717, 1.165) is 10.6 Å². The van der Waals surface area contributed by atoms with Crippen molar-refractivity contribution in [3.63, 3.8) is 0 Å². The molecule has 0 aliphatic carbocycles. The van der Waals surface area contributed by atoms with Crippen LogP contribution in [0.4, 0.5) is 4.79 Å². The third kappa shape index (κ3) is 2.39. The Kier molecular flexibility index (Phi) is 3.90. The average Bonchev–Trinajstić information content (AvgIpc) is 2.03. The number of ether oxygens (including phenoxy) is 1. The van der Waals surface area contributed by atoms with Crippen LogP contribution < -0.4 is 0 Å². The predicted octanol–water partition coefficient (Wildman–Crippen LogP) is 1.34. The Morgan fingerprint density at radius 1 is 1.75 bits per heavy atom. The summed E-state index contributed by atoms with van der Waals surface area (Å²) in [5.41, 5.74) is 0. The summed E-state index contributed by atoms with van der Waals surface area (Å²) in [6, 6.07) is 0. The van der Waals surface area contributed by atoms with E-state index in [9.17, 15) is 9.59 Å². The van der Waals surface area contributed by atoms with Crippen LogP contribution in [-0.2, 0) is 9.53 Å². The monoisotopic (exact) mass is 292 g/mol. The summed E-state index contributed by atoms with van der Waals surface area (Å²) >= 11 is 3.15. The SMILES string of the molecule is CO[C](=O)[In]1[CH2]CC(Cl)C[C]1=O. The normalized spacial score (nSPS) is 24.0. The minimum atomic E-state index is -2.64. The Morgan fingerprint density at radius 3 is 2.92 bits per heavy atom.